The van der Waals surface area contributed by atoms with Crippen molar-refractivity contribution in [3.05, 3.63) is 30.7 Å². The second-order valence-electron chi connectivity index (χ2n) is 7.01. The molecule has 0 bridgehead atoms. The fourth-order valence-corrected chi connectivity index (χ4v) is 3.58. The van der Waals surface area contributed by atoms with Gasteiger partial charge in [-0.2, -0.15) is 9.50 Å². The summed E-state index contributed by atoms with van der Waals surface area (Å²) in [5.74, 6) is 1.44. The first-order valence-electron chi connectivity index (χ1n) is 9.15. The molecule has 5 rings (SSSR count). The van der Waals surface area contributed by atoms with Crippen LogP contribution in [0.25, 0.3) is 28.3 Å². The minimum absolute atomic E-state index is 0.322. The molecular weight excluding hydrogens is 344 g/mol. The van der Waals surface area contributed by atoms with E-state index in [4.69, 9.17) is 10.2 Å². The molecule has 0 atom stereocenters. The van der Waals surface area contributed by atoms with Gasteiger partial charge in [-0.25, -0.2) is 4.98 Å². The van der Waals surface area contributed by atoms with Gasteiger partial charge in [-0.15, -0.1) is 5.10 Å². The molecular formula is C18H22N8O. The molecule has 9 nitrogen and oxygen atoms in total. The van der Waals surface area contributed by atoms with E-state index >= 15 is 0 Å². The van der Waals surface area contributed by atoms with Crippen molar-refractivity contribution >= 4 is 22.6 Å². The first kappa shape index (κ1) is 16.3. The van der Waals surface area contributed by atoms with E-state index in [1.165, 1.54) is 0 Å². The summed E-state index contributed by atoms with van der Waals surface area (Å²) in [6.07, 6.45) is 3.65. The molecule has 4 aromatic rings. The molecule has 1 aliphatic heterocycles. The molecule has 0 amide bonds. The zero-order valence-electron chi connectivity index (χ0n) is 15.2. The number of rotatable bonds is 4. The highest BCUT2D eigenvalue weighted by atomic mass is 16.3. The summed E-state index contributed by atoms with van der Waals surface area (Å²) < 4.78 is 9.12. The van der Waals surface area contributed by atoms with Crippen molar-refractivity contribution in [3.8, 4) is 11.6 Å². The summed E-state index contributed by atoms with van der Waals surface area (Å²) >= 11 is 0. The Labute approximate surface area is 156 Å². The molecule has 0 aliphatic carbocycles. The van der Waals surface area contributed by atoms with Crippen LogP contribution in [0.3, 0.4) is 0 Å². The third-order valence-electron chi connectivity index (χ3n) is 5.21. The van der Waals surface area contributed by atoms with Gasteiger partial charge in [0.25, 0.3) is 0 Å². The van der Waals surface area contributed by atoms with Crippen molar-refractivity contribution in [2.45, 2.75) is 6.54 Å². The predicted molar refractivity (Wildman–Crippen MR) is 102 cm³/mol. The van der Waals surface area contributed by atoms with E-state index < -0.39 is 0 Å². The number of piperazine rings is 1. The molecule has 0 spiro atoms. The number of nitrogens with two attached hydrogens (primary N) is 1. The van der Waals surface area contributed by atoms with Crippen LogP contribution in [0.1, 0.15) is 0 Å². The average Bonchev–Trinajstić information content (AvgIpc) is 3.40. The average molecular weight is 366 g/mol. The summed E-state index contributed by atoms with van der Waals surface area (Å²) in [4.78, 5) is 14.1. The lowest BCUT2D eigenvalue weighted by atomic mass is 10.3. The Kier molecular flexibility index (Phi) is 3.83. The van der Waals surface area contributed by atoms with Crippen molar-refractivity contribution in [2.75, 3.05) is 45.5 Å². The van der Waals surface area contributed by atoms with Gasteiger partial charge in [-0.05, 0) is 25.2 Å². The Morgan fingerprint density at radius 1 is 1.07 bits per heavy atom. The van der Waals surface area contributed by atoms with E-state index in [9.17, 15) is 0 Å². The zero-order chi connectivity index (χ0) is 18.4. The SMILES string of the molecule is CN1CCN(CCn2ccc3c2nc(N)n2nc(-c4ccco4)nc32)CC1. The Bertz CT molecular complexity index is 1070. The fraction of sp³-hybridized carbons (Fsp3) is 0.389. The standard InChI is InChI=1S/C18H22N8O/c1-23-6-8-24(9-7-23)10-11-25-5-4-13-16(25)21-18(19)26-17(13)20-15(22-26)14-3-2-12-27-14/h2-5,12H,6-11H2,1H3,(H2,19,21). The molecule has 0 saturated carbocycles. The predicted octanol–water partition coefficient (Wildman–Crippen LogP) is 1.17. The summed E-state index contributed by atoms with van der Waals surface area (Å²) in [5, 5.41) is 5.38. The van der Waals surface area contributed by atoms with Crippen LogP contribution >= 0.6 is 0 Å². The van der Waals surface area contributed by atoms with Gasteiger partial charge < -0.3 is 19.6 Å². The maximum absolute atomic E-state index is 6.16. The molecule has 1 saturated heterocycles. The topological polar surface area (TPSA) is 93.7 Å². The van der Waals surface area contributed by atoms with E-state index in [0.29, 0.717) is 23.2 Å². The highest BCUT2D eigenvalue weighted by Crippen LogP contribution is 2.24. The van der Waals surface area contributed by atoms with Gasteiger partial charge in [0.2, 0.25) is 11.8 Å². The number of fused-ring (bicyclic) bond motifs is 3. The van der Waals surface area contributed by atoms with Gasteiger partial charge in [0, 0.05) is 45.5 Å². The van der Waals surface area contributed by atoms with Crippen LogP contribution in [0.4, 0.5) is 5.95 Å². The second-order valence-corrected chi connectivity index (χ2v) is 7.01. The molecule has 27 heavy (non-hydrogen) atoms. The van der Waals surface area contributed by atoms with Gasteiger partial charge in [-0.1, -0.05) is 0 Å². The van der Waals surface area contributed by atoms with E-state index in [0.717, 1.165) is 50.3 Å². The van der Waals surface area contributed by atoms with Crippen LogP contribution < -0.4 is 5.73 Å². The minimum Gasteiger partial charge on any atom is -0.461 e. The Morgan fingerprint density at radius 2 is 1.93 bits per heavy atom. The summed E-state index contributed by atoms with van der Waals surface area (Å²) in [7, 11) is 2.17. The van der Waals surface area contributed by atoms with Gasteiger partial charge >= 0.3 is 0 Å². The normalized spacial score (nSPS) is 16.6. The molecule has 4 aromatic heterocycles. The molecule has 0 aromatic carbocycles. The number of hydrogen-bond donors (Lipinski definition) is 1. The highest BCUT2D eigenvalue weighted by Gasteiger charge is 2.18. The van der Waals surface area contributed by atoms with Crippen LogP contribution in [0.2, 0.25) is 0 Å². The van der Waals surface area contributed by atoms with Crippen LogP contribution in [0.15, 0.2) is 35.1 Å². The summed E-state index contributed by atoms with van der Waals surface area (Å²) in [6, 6.07) is 5.67. The van der Waals surface area contributed by atoms with Crippen LogP contribution in [-0.4, -0.2) is 73.7 Å². The number of likely N-dealkylation sites (N-methyl/N-ethyl adjacent to an activating group) is 1. The van der Waals surface area contributed by atoms with Crippen molar-refractivity contribution in [1.82, 2.24) is 33.9 Å². The molecule has 0 radical (unpaired) electrons. The first-order chi connectivity index (χ1) is 13.2. The third-order valence-corrected chi connectivity index (χ3v) is 5.21. The lowest BCUT2D eigenvalue weighted by Gasteiger charge is -2.32. The zero-order valence-corrected chi connectivity index (χ0v) is 15.2. The van der Waals surface area contributed by atoms with Crippen molar-refractivity contribution in [1.29, 1.82) is 0 Å². The lowest BCUT2D eigenvalue weighted by molar-refractivity contribution is 0.150. The fourth-order valence-electron chi connectivity index (χ4n) is 3.58. The minimum atomic E-state index is 0.322. The molecule has 2 N–H and O–H groups in total. The quantitative estimate of drug-likeness (QED) is 0.579. The van der Waals surface area contributed by atoms with Crippen LogP contribution in [-0.2, 0) is 6.54 Å². The summed E-state index contributed by atoms with van der Waals surface area (Å²) in [6.45, 7) is 6.31. The third kappa shape index (κ3) is 2.84. The first-order valence-corrected chi connectivity index (χ1v) is 9.15. The maximum Gasteiger partial charge on any atom is 0.225 e. The number of nitrogen functional groups attached to an aromatic ring is 1. The van der Waals surface area contributed by atoms with E-state index in [-0.39, 0.29) is 0 Å². The van der Waals surface area contributed by atoms with Gasteiger partial charge in [0.15, 0.2) is 11.4 Å². The van der Waals surface area contributed by atoms with Crippen LogP contribution in [0.5, 0.6) is 0 Å². The number of anilines is 1. The number of nitrogens with zero attached hydrogens (tertiary/aromatic N) is 7. The van der Waals surface area contributed by atoms with Gasteiger partial charge in [0.1, 0.15) is 5.65 Å². The van der Waals surface area contributed by atoms with Crippen molar-refractivity contribution in [2.24, 2.45) is 0 Å². The number of aromatic nitrogens is 5. The summed E-state index contributed by atoms with van der Waals surface area (Å²) in [5.41, 5.74) is 7.70. The van der Waals surface area contributed by atoms with E-state index in [1.807, 2.05) is 18.2 Å². The monoisotopic (exact) mass is 366 g/mol. The molecule has 1 fully saturated rings. The molecule has 140 valence electrons. The molecule has 1 aliphatic rings. The smallest absolute Gasteiger partial charge is 0.225 e. The van der Waals surface area contributed by atoms with E-state index in [2.05, 4.69) is 42.7 Å². The largest absolute Gasteiger partial charge is 0.461 e. The van der Waals surface area contributed by atoms with Crippen LogP contribution in [0, 0.1) is 0 Å². The second kappa shape index (κ2) is 6.36. The Balaban J connectivity index is 1.47. The van der Waals surface area contributed by atoms with E-state index in [1.54, 1.807) is 10.8 Å². The molecule has 9 heteroatoms. The number of hydrogen-bond acceptors (Lipinski definition) is 7. The van der Waals surface area contributed by atoms with Crippen molar-refractivity contribution < 1.29 is 4.42 Å². The highest BCUT2D eigenvalue weighted by molar-refractivity contribution is 5.91. The van der Waals surface area contributed by atoms with Gasteiger partial charge in [0.05, 0.1) is 11.6 Å². The van der Waals surface area contributed by atoms with Crippen molar-refractivity contribution in [3.63, 3.8) is 0 Å². The molecule has 5 heterocycles. The lowest BCUT2D eigenvalue weighted by Crippen LogP contribution is -2.45. The molecule has 0 unspecified atom stereocenters. The van der Waals surface area contributed by atoms with Gasteiger partial charge in [-0.3, -0.25) is 4.90 Å². The maximum atomic E-state index is 6.16. The Morgan fingerprint density at radius 3 is 2.70 bits per heavy atom. The Hall–Kier alpha value is -2.91. The number of furan rings is 1.